The van der Waals surface area contributed by atoms with Crippen molar-refractivity contribution in [3.05, 3.63) is 35.9 Å². The fourth-order valence-corrected chi connectivity index (χ4v) is 1.08. The molecule has 0 amide bonds. The molecule has 0 saturated heterocycles. The normalized spacial score (nSPS) is 11.6. The van der Waals surface area contributed by atoms with Crippen LogP contribution >= 0.6 is 0 Å². The zero-order valence-corrected chi connectivity index (χ0v) is 8.11. The lowest BCUT2D eigenvalue weighted by Crippen LogP contribution is -2.17. The minimum absolute atomic E-state index is 0.137. The number of rotatable bonds is 3. The van der Waals surface area contributed by atoms with Crippen LogP contribution < -0.4 is 5.73 Å². The first-order valence-electron chi connectivity index (χ1n) is 4.76. The molecule has 0 spiro atoms. The summed E-state index contributed by atoms with van der Waals surface area (Å²) in [5, 5.41) is 8.60. The number of aliphatic hydroxyl groups excluding tert-OH is 1. The van der Waals surface area contributed by atoms with E-state index in [-0.39, 0.29) is 12.6 Å². The average molecular weight is 189 g/mol. The van der Waals surface area contributed by atoms with Crippen molar-refractivity contribution >= 4 is 0 Å². The minimum atomic E-state index is -0.137. The molecule has 1 aromatic carbocycles. The van der Waals surface area contributed by atoms with Crippen molar-refractivity contribution in [3.63, 3.8) is 0 Å². The monoisotopic (exact) mass is 189 g/mol. The second kappa shape index (κ2) is 6.20. The minimum Gasteiger partial charge on any atom is -0.396 e. The third kappa shape index (κ3) is 4.08. The topological polar surface area (TPSA) is 46.2 Å². The van der Waals surface area contributed by atoms with Crippen molar-refractivity contribution in [1.82, 2.24) is 0 Å². The Bertz CT molecular complexity index is 310. The van der Waals surface area contributed by atoms with Gasteiger partial charge >= 0.3 is 0 Å². The van der Waals surface area contributed by atoms with E-state index in [4.69, 9.17) is 10.8 Å². The van der Waals surface area contributed by atoms with Crippen molar-refractivity contribution < 1.29 is 5.11 Å². The lowest BCUT2D eigenvalue weighted by Gasteiger charge is -2.00. The fourth-order valence-electron chi connectivity index (χ4n) is 1.08. The molecule has 1 atom stereocenters. The first-order chi connectivity index (χ1) is 6.83. The Morgan fingerprint density at radius 2 is 2.00 bits per heavy atom. The zero-order chi connectivity index (χ0) is 10.2. The van der Waals surface area contributed by atoms with Gasteiger partial charge < -0.3 is 10.8 Å². The van der Waals surface area contributed by atoms with Crippen LogP contribution in [0.3, 0.4) is 0 Å². The summed E-state index contributed by atoms with van der Waals surface area (Å²) >= 11 is 0. The Kier molecular flexibility index (Phi) is 4.77. The summed E-state index contributed by atoms with van der Waals surface area (Å²) in [5.74, 6) is 5.95. The largest absolute Gasteiger partial charge is 0.396 e. The Labute approximate surface area is 84.8 Å². The summed E-state index contributed by atoms with van der Waals surface area (Å²) < 4.78 is 0. The molecule has 0 aliphatic carbocycles. The van der Waals surface area contributed by atoms with E-state index in [2.05, 4.69) is 11.8 Å². The molecule has 0 aromatic heterocycles. The molecule has 1 unspecified atom stereocenters. The molecule has 2 nitrogen and oxygen atoms in total. The molecule has 74 valence electrons. The highest BCUT2D eigenvalue weighted by Crippen LogP contribution is 1.96. The third-order valence-corrected chi connectivity index (χ3v) is 1.85. The Morgan fingerprint density at radius 3 is 2.64 bits per heavy atom. The molecule has 0 aliphatic rings. The van der Waals surface area contributed by atoms with Crippen molar-refractivity contribution in [2.75, 3.05) is 6.61 Å². The number of benzene rings is 1. The fraction of sp³-hybridized carbons (Fsp3) is 0.333. The van der Waals surface area contributed by atoms with E-state index in [0.717, 1.165) is 12.0 Å². The molecule has 2 heteroatoms. The van der Waals surface area contributed by atoms with E-state index in [1.807, 2.05) is 30.3 Å². The van der Waals surface area contributed by atoms with E-state index in [9.17, 15) is 0 Å². The summed E-state index contributed by atoms with van der Waals surface area (Å²) in [6, 6.07) is 9.61. The molecule has 0 fully saturated rings. The van der Waals surface area contributed by atoms with Crippen molar-refractivity contribution in [2.45, 2.75) is 18.9 Å². The van der Waals surface area contributed by atoms with Crippen LogP contribution in [0.15, 0.2) is 30.3 Å². The molecule has 1 aromatic rings. The van der Waals surface area contributed by atoms with Gasteiger partial charge in [0.05, 0.1) is 6.04 Å². The van der Waals surface area contributed by atoms with Gasteiger partial charge in [-0.1, -0.05) is 30.0 Å². The second-order valence-electron chi connectivity index (χ2n) is 3.11. The molecular formula is C12H15NO. The van der Waals surface area contributed by atoms with Crippen LogP contribution in [0.1, 0.15) is 18.4 Å². The van der Waals surface area contributed by atoms with Crippen LogP contribution in [0.25, 0.3) is 0 Å². The third-order valence-electron chi connectivity index (χ3n) is 1.85. The van der Waals surface area contributed by atoms with E-state index < -0.39 is 0 Å². The predicted octanol–water partition coefficient (Wildman–Crippen LogP) is 1.14. The number of nitrogens with two attached hydrogens (primary N) is 1. The standard InChI is InChI=1S/C12H15NO/c13-12(7-4-10-14)9-8-11-5-2-1-3-6-11/h1-3,5-6,12,14H,4,7,10,13H2. The Balaban J connectivity index is 2.47. The highest BCUT2D eigenvalue weighted by molar-refractivity contribution is 5.34. The maximum absolute atomic E-state index is 8.60. The van der Waals surface area contributed by atoms with Crippen molar-refractivity contribution in [1.29, 1.82) is 0 Å². The van der Waals surface area contributed by atoms with Gasteiger partial charge in [-0.25, -0.2) is 0 Å². The highest BCUT2D eigenvalue weighted by Gasteiger charge is 1.95. The lowest BCUT2D eigenvalue weighted by atomic mass is 10.1. The smallest absolute Gasteiger partial charge is 0.0669 e. The van der Waals surface area contributed by atoms with E-state index in [1.165, 1.54) is 0 Å². The van der Waals surface area contributed by atoms with Gasteiger partial charge in [-0.2, -0.15) is 0 Å². The van der Waals surface area contributed by atoms with Gasteiger partial charge in [0.2, 0.25) is 0 Å². The summed E-state index contributed by atoms with van der Waals surface area (Å²) in [4.78, 5) is 0. The molecule has 0 aliphatic heterocycles. The van der Waals surface area contributed by atoms with Crippen LogP contribution in [0.2, 0.25) is 0 Å². The molecule has 1 rings (SSSR count). The molecule has 0 bridgehead atoms. The van der Waals surface area contributed by atoms with Gasteiger partial charge in [-0.05, 0) is 25.0 Å². The van der Waals surface area contributed by atoms with Crippen LogP contribution in [0, 0.1) is 11.8 Å². The molecule has 0 radical (unpaired) electrons. The van der Waals surface area contributed by atoms with Gasteiger partial charge in [0, 0.05) is 12.2 Å². The van der Waals surface area contributed by atoms with Crippen molar-refractivity contribution in [2.24, 2.45) is 5.73 Å². The first kappa shape index (κ1) is 10.8. The van der Waals surface area contributed by atoms with Crippen LogP contribution in [-0.2, 0) is 0 Å². The van der Waals surface area contributed by atoms with Crippen LogP contribution in [0.5, 0.6) is 0 Å². The average Bonchev–Trinajstić information content (AvgIpc) is 2.25. The first-order valence-corrected chi connectivity index (χ1v) is 4.76. The maximum atomic E-state index is 8.60. The molecule has 3 N–H and O–H groups in total. The lowest BCUT2D eigenvalue weighted by molar-refractivity contribution is 0.283. The SMILES string of the molecule is NC(C#Cc1ccccc1)CCCO. The van der Waals surface area contributed by atoms with Gasteiger partial charge in [0.15, 0.2) is 0 Å². The molecule has 0 heterocycles. The van der Waals surface area contributed by atoms with Crippen LogP contribution in [0.4, 0.5) is 0 Å². The maximum Gasteiger partial charge on any atom is 0.0669 e. The Hall–Kier alpha value is -1.30. The Morgan fingerprint density at radius 1 is 1.29 bits per heavy atom. The summed E-state index contributed by atoms with van der Waals surface area (Å²) in [7, 11) is 0. The number of aliphatic hydroxyl groups is 1. The quantitative estimate of drug-likeness (QED) is 0.700. The van der Waals surface area contributed by atoms with Gasteiger partial charge in [-0.15, -0.1) is 0 Å². The summed E-state index contributed by atoms with van der Waals surface area (Å²) in [6.07, 6.45) is 1.46. The zero-order valence-electron chi connectivity index (χ0n) is 8.11. The van der Waals surface area contributed by atoms with Gasteiger partial charge in [0.25, 0.3) is 0 Å². The molecular weight excluding hydrogens is 174 g/mol. The van der Waals surface area contributed by atoms with E-state index in [0.29, 0.717) is 6.42 Å². The summed E-state index contributed by atoms with van der Waals surface area (Å²) in [5.41, 5.74) is 6.70. The van der Waals surface area contributed by atoms with Gasteiger partial charge in [0.1, 0.15) is 0 Å². The highest BCUT2D eigenvalue weighted by atomic mass is 16.2. The summed E-state index contributed by atoms with van der Waals surface area (Å²) in [6.45, 7) is 0.181. The second-order valence-corrected chi connectivity index (χ2v) is 3.11. The number of hydrogen-bond acceptors (Lipinski definition) is 2. The van der Waals surface area contributed by atoms with Crippen LogP contribution in [-0.4, -0.2) is 17.8 Å². The van der Waals surface area contributed by atoms with Crippen molar-refractivity contribution in [3.8, 4) is 11.8 Å². The van der Waals surface area contributed by atoms with E-state index >= 15 is 0 Å². The molecule has 14 heavy (non-hydrogen) atoms. The van der Waals surface area contributed by atoms with Gasteiger partial charge in [-0.3, -0.25) is 0 Å². The molecule has 0 saturated carbocycles. The number of hydrogen-bond donors (Lipinski definition) is 2. The van der Waals surface area contributed by atoms with E-state index in [1.54, 1.807) is 0 Å². The predicted molar refractivity (Wildman–Crippen MR) is 57.6 cm³/mol.